The number of benzene rings is 2. The molecule has 8 heteroatoms. The van der Waals surface area contributed by atoms with Gasteiger partial charge in [0.2, 0.25) is 0 Å². The summed E-state index contributed by atoms with van der Waals surface area (Å²) < 4.78 is 10.8. The zero-order valence-corrected chi connectivity index (χ0v) is 19.3. The van der Waals surface area contributed by atoms with Crippen LogP contribution >= 0.6 is 0 Å². The van der Waals surface area contributed by atoms with Crippen molar-refractivity contribution in [3.63, 3.8) is 0 Å². The second kappa shape index (κ2) is 11.3. The molecular weight excluding hydrogens is 406 g/mol. The van der Waals surface area contributed by atoms with Crippen molar-refractivity contribution in [2.45, 2.75) is 25.9 Å². The summed E-state index contributed by atoms with van der Waals surface area (Å²) in [6.45, 7) is 4.95. The molecule has 0 aliphatic carbocycles. The number of anilines is 1. The number of amides is 1. The number of rotatable bonds is 8. The third-order valence-electron chi connectivity index (χ3n) is 5.47. The lowest BCUT2D eigenvalue weighted by Gasteiger charge is -2.21. The first-order valence-electron chi connectivity index (χ1n) is 10.9. The molecule has 3 N–H and O–H groups in total. The van der Waals surface area contributed by atoms with Gasteiger partial charge in [-0.3, -0.25) is 9.79 Å². The SMILES string of the molecule is CCNC(=O)c1ccc(CNC(=NC)NC2CCN(c3cc(OC)cc(OC)c3)C2)cc1. The molecule has 2 aromatic carbocycles. The zero-order valence-electron chi connectivity index (χ0n) is 19.3. The molecule has 1 amide bonds. The van der Waals surface area contributed by atoms with Crippen molar-refractivity contribution in [1.82, 2.24) is 16.0 Å². The Hall–Kier alpha value is -3.42. The summed E-state index contributed by atoms with van der Waals surface area (Å²) in [5.41, 5.74) is 2.83. The first kappa shape index (κ1) is 23.2. The van der Waals surface area contributed by atoms with Crippen molar-refractivity contribution in [3.8, 4) is 11.5 Å². The summed E-state index contributed by atoms with van der Waals surface area (Å²) in [5.74, 6) is 2.27. The number of carbonyl (C=O) groups is 1. The highest BCUT2D eigenvalue weighted by Gasteiger charge is 2.24. The number of methoxy groups -OCH3 is 2. The smallest absolute Gasteiger partial charge is 0.251 e. The monoisotopic (exact) mass is 439 g/mol. The number of nitrogens with zero attached hydrogens (tertiary/aromatic N) is 2. The Balaban J connectivity index is 1.53. The zero-order chi connectivity index (χ0) is 22.9. The van der Waals surface area contributed by atoms with Crippen LogP contribution < -0.4 is 30.3 Å². The maximum Gasteiger partial charge on any atom is 0.251 e. The molecule has 1 atom stereocenters. The Morgan fingerprint density at radius 3 is 2.38 bits per heavy atom. The Morgan fingerprint density at radius 1 is 1.09 bits per heavy atom. The average molecular weight is 440 g/mol. The van der Waals surface area contributed by atoms with Gasteiger partial charge in [0.25, 0.3) is 5.91 Å². The fourth-order valence-corrected chi connectivity index (χ4v) is 3.70. The molecule has 1 saturated heterocycles. The number of carbonyl (C=O) groups excluding carboxylic acids is 1. The summed E-state index contributed by atoms with van der Waals surface area (Å²) in [7, 11) is 5.10. The lowest BCUT2D eigenvalue weighted by molar-refractivity contribution is 0.0956. The predicted molar refractivity (Wildman–Crippen MR) is 128 cm³/mol. The van der Waals surface area contributed by atoms with Crippen LogP contribution in [0.15, 0.2) is 47.5 Å². The van der Waals surface area contributed by atoms with Gasteiger partial charge in [-0.15, -0.1) is 0 Å². The fourth-order valence-electron chi connectivity index (χ4n) is 3.70. The largest absolute Gasteiger partial charge is 0.497 e. The fraction of sp³-hybridized carbons (Fsp3) is 0.417. The van der Waals surface area contributed by atoms with Crippen molar-refractivity contribution in [1.29, 1.82) is 0 Å². The van der Waals surface area contributed by atoms with E-state index in [1.807, 2.05) is 49.4 Å². The van der Waals surface area contributed by atoms with Gasteiger partial charge in [-0.25, -0.2) is 0 Å². The van der Waals surface area contributed by atoms with Gasteiger partial charge >= 0.3 is 0 Å². The van der Waals surface area contributed by atoms with E-state index in [0.29, 0.717) is 18.7 Å². The second-order valence-electron chi connectivity index (χ2n) is 7.63. The van der Waals surface area contributed by atoms with Gasteiger partial charge in [0, 0.05) is 68.7 Å². The quantitative estimate of drug-likeness (QED) is 0.433. The molecule has 0 saturated carbocycles. The van der Waals surface area contributed by atoms with Crippen molar-refractivity contribution >= 4 is 17.6 Å². The standard InChI is InChI=1S/C24H33N5O3/c1-5-26-23(30)18-8-6-17(7-9-18)15-27-24(25-2)28-19-10-11-29(16-19)20-12-21(31-3)14-22(13-20)32-4/h6-9,12-14,19H,5,10-11,15-16H2,1-4H3,(H,26,30)(H2,25,27,28). The Morgan fingerprint density at radius 2 is 1.78 bits per heavy atom. The van der Waals surface area contributed by atoms with Gasteiger partial charge < -0.3 is 30.3 Å². The number of guanidine groups is 1. The predicted octanol–water partition coefficient (Wildman–Crippen LogP) is 2.40. The summed E-state index contributed by atoms with van der Waals surface area (Å²) in [5, 5.41) is 9.67. The van der Waals surface area contributed by atoms with Crippen LogP contribution in [0.3, 0.4) is 0 Å². The van der Waals surface area contributed by atoms with Gasteiger partial charge in [0.1, 0.15) is 11.5 Å². The highest BCUT2D eigenvalue weighted by Crippen LogP contribution is 2.30. The van der Waals surface area contributed by atoms with E-state index >= 15 is 0 Å². The molecule has 1 fully saturated rings. The molecule has 3 rings (SSSR count). The van der Waals surface area contributed by atoms with Crippen LogP contribution in [-0.4, -0.2) is 58.8 Å². The second-order valence-corrected chi connectivity index (χ2v) is 7.63. The van der Waals surface area contributed by atoms with Crippen LogP contribution in [0.2, 0.25) is 0 Å². The molecule has 1 aliphatic heterocycles. The maximum absolute atomic E-state index is 11.9. The first-order chi connectivity index (χ1) is 15.6. The summed E-state index contributed by atoms with van der Waals surface area (Å²) in [6.07, 6.45) is 1.00. The normalized spacial score (nSPS) is 15.9. The van der Waals surface area contributed by atoms with E-state index in [0.717, 1.165) is 48.2 Å². The minimum absolute atomic E-state index is 0.0519. The van der Waals surface area contributed by atoms with Crippen LogP contribution in [0, 0.1) is 0 Å². The van der Waals surface area contributed by atoms with E-state index < -0.39 is 0 Å². The number of hydrogen-bond acceptors (Lipinski definition) is 5. The van der Waals surface area contributed by atoms with E-state index in [1.165, 1.54) is 0 Å². The van der Waals surface area contributed by atoms with Crippen molar-refractivity contribution in [2.75, 3.05) is 45.8 Å². The third kappa shape index (κ3) is 6.06. The highest BCUT2D eigenvalue weighted by molar-refractivity contribution is 5.94. The van der Waals surface area contributed by atoms with E-state index in [-0.39, 0.29) is 11.9 Å². The average Bonchev–Trinajstić information content (AvgIpc) is 3.30. The number of hydrogen-bond donors (Lipinski definition) is 3. The molecule has 1 unspecified atom stereocenters. The van der Waals surface area contributed by atoms with Crippen LogP contribution in [0.4, 0.5) is 5.69 Å². The third-order valence-corrected chi connectivity index (χ3v) is 5.47. The van der Waals surface area contributed by atoms with Crippen LogP contribution in [0.1, 0.15) is 29.3 Å². The van der Waals surface area contributed by atoms with E-state index in [9.17, 15) is 4.79 Å². The maximum atomic E-state index is 11.9. The number of ether oxygens (including phenoxy) is 2. The molecule has 8 nitrogen and oxygen atoms in total. The van der Waals surface area contributed by atoms with E-state index in [1.54, 1.807) is 21.3 Å². The van der Waals surface area contributed by atoms with Crippen LogP contribution in [-0.2, 0) is 6.54 Å². The molecule has 2 aromatic rings. The topological polar surface area (TPSA) is 87.2 Å². The molecule has 0 aromatic heterocycles. The van der Waals surface area contributed by atoms with Crippen molar-refractivity contribution < 1.29 is 14.3 Å². The number of nitrogens with one attached hydrogen (secondary N) is 3. The summed E-state index contributed by atoms with van der Waals surface area (Å²) in [4.78, 5) is 18.6. The molecule has 32 heavy (non-hydrogen) atoms. The Bertz CT molecular complexity index is 907. The van der Waals surface area contributed by atoms with Gasteiger partial charge in [0.15, 0.2) is 5.96 Å². The van der Waals surface area contributed by atoms with Gasteiger partial charge in [-0.1, -0.05) is 12.1 Å². The van der Waals surface area contributed by atoms with Gasteiger partial charge in [-0.05, 0) is 31.0 Å². The minimum atomic E-state index is -0.0519. The Kier molecular flexibility index (Phi) is 8.19. The molecular formula is C24H33N5O3. The van der Waals surface area contributed by atoms with Gasteiger partial charge in [0.05, 0.1) is 14.2 Å². The molecule has 172 valence electrons. The Labute approximate surface area is 190 Å². The number of aliphatic imine (C=N–C) groups is 1. The summed E-state index contributed by atoms with van der Waals surface area (Å²) in [6, 6.07) is 13.8. The molecule has 0 radical (unpaired) electrons. The van der Waals surface area contributed by atoms with Crippen LogP contribution in [0.5, 0.6) is 11.5 Å². The van der Waals surface area contributed by atoms with Crippen molar-refractivity contribution in [3.05, 3.63) is 53.6 Å². The highest BCUT2D eigenvalue weighted by atomic mass is 16.5. The van der Waals surface area contributed by atoms with Gasteiger partial charge in [-0.2, -0.15) is 0 Å². The van der Waals surface area contributed by atoms with E-state index in [4.69, 9.17) is 9.47 Å². The first-order valence-corrected chi connectivity index (χ1v) is 10.9. The molecule has 1 aliphatic rings. The van der Waals surface area contributed by atoms with Crippen molar-refractivity contribution in [2.24, 2.45) is 4.99 Å². The van der Waals surface area contributed by atoms with E-state index in [2.05, 4.69) is 25.8 Å². The lowest BCUT2D eigenvalue weighted by atomic mass is 10.1. The molecule has 0 bridgehead atoms. The summed E-state index contributed by atoms with van der Waals surface area (Å²) >= 11 is 0. The molecule has 0 spiro atoms. The molecule has 1 heterocycles. The van der Waals surface area contributed by atoms with Crippen LogP contribution in [0.25, 0.3) is 0 Å². The lowest BCUT2D eigenvalue weighted by Crippen LogP contribution is -2.44. The minimum Gasteiger partial charge on any atom is -0.497 e.